The zero-order valence-electron chi connectivity index (χ0n) is 7.79. The largest absolute Gasteiger partial charge is 0.391 e. The monoisotopic (exact) mass is 243 g/mol. The zero-order chi connectivity index (χ0) is 10.0. The highest BCUT2D eigenvalue weighted by molar-refractivity contribution is 9.10. The lowest BCUT2D eigenvalue weighted by Gasteiger charge is -2.15. The minimum absolute atomic E-state index is 0.308. The van der Waals surface area contributed by atoms with E-state index in [1.165, 1.54) is 5.56 Å². The van der Waals surface area contributed by atoms with Crippen LogP contribution in [-0.2, 0) is 0 Å². The number of hydrogen-bond donors (Lipinski definition) is 2. The Morgan fingerprint density at radius 1 is 1.46 bits per heavy atom. The van der Waals surface area contributed by atoms with Gasteiger partial charge in [-0.15, -0.1) is 0 Å². The number of benzene rings is 1. The molecule has 0 bridgehead atoms. The van der Waals surface area contributed by atoms with Crippen LogP contribution in [0.25, 0.3) is 0 Å². The van der Waals surface area contributed by atoms with Crippen molar-refractivity contribution >= 4 is 15.9 Å². The van der Waals surface area contributed by atoms with Crippen molar-refractivity contribution < 1.29 is 5.11 Å². The number of aliphatic hydroxyl groups excluding tert-OH is 1. The van der Waals surface area contributed by atoms with Crippen LogP contribution in [0, 0.1) is 6.92 Å². The first kappa shape index (κ1) is 10.7. The Morgan fingerprint density at radius 3 is 2.54 bits per heavy atom. The first-order valence-electron chi connectivity index (χ1n) is 4.22. The van der Waals surface area contributed by atoms with Gasteiger partial charge >= 0.3 is 0 Å². The molecule has 3 N–H and O–H groups in total. The molecule has 0 saturated heterocycles. The van der Waals surface area contributed by atoms with E-state index in [4.69, 9.17) is 5.73 Å². The summed E-state index contributed by atoms with van der Waals surface area (Å²) in [6.07, 6.45) is -0.519. The average molecular weight is 244 g/mol. The number of nitrogens with two attached hydrogens (primary N) is 1. The van der Waals surface area contributed by atoms with Gasteiger partial charge < -0.3 is 10.8 Å². The van der Waals surface area contributed by atoms with Gasteiger partial charge in [-0.2, -0.15) is 0 Å². The molecule has 0 heterocycles. The predicted octanol–water partition coefficient (Wildman–Crippen LogP) is 2.14. The van der Waals surface area contributed by atoms with Gasteiger partial charge in [0.05, 0.1) is 12.1 Å². The maximum Gasteiger partial charge on any atom is 0.0704 e. The third kappa shape index (κ3) is 2.53. The van der Waals surface area contributed by atoms with Gasteiger partial charge in [0.25, 0.3) is 0 Å². The number of hydrogen-bond acceptors (Lipinski definition) is 2. The smallest absolute Gasteiger partial charge is 0.0704 e. The van der Waals surface area contributed by atoms with Crippen LogP contribution in [0.1, 0.15) is 24.1 Å². The Hall–Kier alpha value is -0.380. The molecule has 0 fully saturated rings. The number of aryl methyl sites for hydroxylation is 1. The summed E-state index contributed by atoms with van der Waals surface area (Å²) in [7, 11) is 0. The van der Waals surface area contributed by atoms with E-state index in [9.17, 15) is 5.11 Å². The van der Waals surface area contributed by atoms with Crippen molar-refractivity contribution in [2.45, 2.75) is 26.0 Å². The van der Waals surface area contributed by atoms with E-state index >= 15 is 0 Å². The highest BCUT2D eigenvalue weighted by atomic mass is 79.9. The molecule has 0 radical (unpaired) electrons. The van der Waals surface area contributed by atoms with Crippen LogP contribution in [0.4, 0.5) is 0 Å². The number of halogens is 1. The molecule has 0 unspecified atom stereocenters. The zero-order valence-corrected chi connectivity index (χ0v) is 9.38. The maximum absolute atomic E-state index is 9.29. The van der Waals surface area contributed by atoms with Gasteiger partial charge in [-0.05, 0) is 31.0 Å². The van der Waals surface area contributed by atoms with Crippen LogP contribution >= 0.6 is 15.9 Å². The summed E-state index contributed by atoms with van der Waals surface area (Å²) in [6.45, 7) is 3.71. The van der Waals surface area contributed by atoms with Crippen molar-refractivity contribution in [1.82, 2.24) is 0 Å². The molecule has 0 aliphatic rings. The highest BCUT2D eigenvalue weighted by Crippen LogP contribution is 2.22. The van der Waals surface area contributed by atoms with Gasteiger partial charge in [-0.1, -0.05) is 28.1 Å². The van der Waals surface area contributed by atoms with E-state index in [0.29, 0.717) is 0 Å². The van der Waals surface area contributed by atoms with Crippen molar-refractivity contribution in [1.29, 1.82) is 0 Å². The fourth-order valence-electron chi connectivity index (χ4n) is 1.09. The van der Waals surface area contributed by atoms with Gasteiger partial charge in [0.1, 0.15) is 0 Å². The van der Waals surface area contributed by atoms with Crippen molar-refractivity contribution in [3.8, 4) is 0 Å². The normalized spacial score (nSPS) is 15.5. The summed E-state index contributed by atoms with van der Waals surface area (Å²) in [5.41, 5.74) is 7.91. The van der Waals surface area contributed by atoms with Crippen LogP contribution in [0.15, 0.2) is 22.7 Å². The molecule has 0 amide bonds. The lowest BCUT2D eigenvalue weighted by atomic mass is 10.0. The fourth-order valence-corrected chi connectivity index (χ4v) is 1.49. The predicted molar refractivity (Wildman–Crippen MR) is 57.5 cm³/mol. The summed E-state index contributed by atoms with van der Waals surface area (Å²) in [5.74, 6) is 0. The molecule has 0 aliphatic heterocycles. The molecule has 3 heteroatoms. The van der Waals surface area contributed by atoms with Crippen LogP contribution in [-0.4, -0.2) is 11.2 Å². The summed E-state index contributed by atoms with van der Waals surface area (Å²) < 4.78 is 1.03. The Labute approximate surface area is 86.9 Å². The maximum atomic E-state index is 9.29. The van der Waals surface area contributed by atoms with Gasteiger partial charge in [-0.25, -0.2) is 0 Å². The molecular weight excluding hydrogens is 230 g/mol. The Balaban J connectivity index is 2.97. The first-order chi connectivity index (χ1) is 6.02. The van der Waals surface area contributed by atoms with Gasteiger partial charge in [0, 0.05) is 4.47 Å². The highest BCUT2D eigenvalue weighted by Gasteiger charge is 2.12. The minimum Gasteiger partial charge on any atom is -0.391 e. The van der Waals surface area contributed by atoms with E-state index in [-0.39, 0.29) is 6.04 Å². The van der Waals surface area contributed by atoms with Crippen LogP contribution in [0.3, 0.4) is 0 Å². The molecule has 72 valence electrons. The van der Waals surface area contributed by atoms with E-state index in [0.717, 1.165) is 10.0 Å². The molecule has 0 aromatic heterocycles. The first-order valence-corrected chi connectivity index (χ1v) is 5.01. The van der Waals surface area contributed by atoms with Gasteiger partial charge in [0.15, 0.2) is 0 Å². The van der Waals surface area contributed by atoms with E-state index in [1.807, 2.05) is 25.1 Å². The second-order valence-electron chi connectivity index (χ2n) is 3.28. The molecule has 0 aliphatic carbocycles. The van der Waals surface area contributed by atoms with E-state index in [1.54, 1.807) is 6.92 Å². The standard InChI is InChI=1S/C10H14BrNO/c1-6-3-4-8(5-9(6)11)10(12)7(2)13/h3-5,7,10,13H,12H2,1-2H3/t7-,10-/m0/s1. The molecule has 1 aromatic rings. The molecule has 1 rings (SSSR count). The number of aliphatic hydroxyl groups is 1. The van der Waals surface area contributed by atoms with Crippen molar-refractivity contribution in [2.24, 2.45) is 5.73 Å². The third-order valence-electron chi connectivity index (χ3n) is 2.10. The van der Waals surface area contributed by atoms with Crippen LogP contribution in [0.2, 0.25) is 0 Å². The van der Waals surface area contributed by atoms with Crippen molar-refractivity contribution in [3.63, 3.8) is 0 Å². The summed E-state index contributed by atoms with van der Waals surface area (Å²) in [4.78, 5) is 0. The van der Waals surface area contributed by atoms with E-state index < -0.39 is 6.10 Å². The summed E-state index contributed by atoms with van der Waals surface area (Å²) in [6, 6.07) is 5.57. The van der Waals surface area contributed by atoms with Crippen molar-refractivity contribution in [2.75, 3.05) is 0 Å². The molecule has 13 heavy (non-hydrogen) atoms. The Bertz CT molecular complexity index is 299. The number of rotatable bonds is 2. The van der Waals surface area contributed by atoms with Crippen molar-refractivity contribution in [3.05, 3.63) is 33.8 Å². The molecule has 2 nitrogen and oxygen atoms in total. The minimum atomic E-state index is -0.519. The topological polar surface area (TPSA) is 46.2 Å². The SMILES string of the molecule is Cc1ccc([C@@H](N)[C@H](C)O)cc1Br. The van der Waals surface area contributed by atoms with Crippen LogP contribution in [0.5, 0.6) is 0 Å². The Kier molecular flexibility index (Phi) is 3.47. The molecule has 1 aromatic carbocycles. The Morgan fingerprint density at radius 2 is 2.08 bits per heavy atom. The lowest BCUT2D eigenvalue weighted by molar-refractivity contribution is 0.164. The lowest BCUT2D eigenvalue weighted by Crippen LogP contribution is -2.23. The van der Waals surface area contributed by atoms with Gasteiger partial charge in [0.2, 0.25) is 0 Å². The fraction of sp³-hybridized carbons (Fsp3) is 0.400. The quantitative estimate of drug-likeness (QED) is 0.837. The van der Waals surface area contributed by atoms with Gasteiger partial charge in [-0.3, -0.25) is 0 Å². The molecule has 0 saturated carbocycles. The summed E-state index contributed by atoms with van der Waals surface area (Å²) >= 11 is 3.43. The second kappa shape index (κ2) is 4.22. The van der Waals surface area contributed by atoms with Crippen LogP contribution < -0.4 is 5.73 Å². The average Bonchev–Trinajstić information content (AvgIpc) is 2.08. The molecule has 0 spiro atoms. The third-order valence-corrected chi connectivity index (χ3v) is 2.95. The molecule has 2 atom stereocenters. The second-order valence-corrected chi connectivity index (χ2v) is 4.13. The summed E-state index contributed by atoms with van der Waals surface area (Å²) in [5, 5.41) is 9.29. The van der Waals surface area contributed by atoms with E-state index in [2.05, 4.69) is 15.9 Å². The molecular formula is C10H14BrNO.